The van der Waals surface area contributed by atoms with Crippen LogP contribution in [0.1, 0.15) is 39.0 Å². The number of anilines is 1. The molecule has 2 aromatic rings. The number of halogens is 2. The normalized spacial score (nSPS) is 10.6. The first-order valence-electron chi connectivity index (χ1n) is 7.37. The van der Waals surface area contributed by atoms with E-state index in [-0.39, 0.29) is 23.6 Å². The minimum Gasteiger partial charge on any atom is -0.461 e. The summed E-state index contributed by atoms with van der Waals surface area (Å²) >= 11 is 0. The molecule has 0 fully saturated rings. The number of amides is 1. The second-order valence-electron chi connectivity index (χ2n) is 5.29. The Morgan fingerprint density at radius 3 is 2.50 bits per heavy atom. The van der Waals surface area contributed by atoms with Crippen LogP contribution < -0.4 is 5.32 Å². The summed E-state index contributed by atoms with van der Waals surface area (Å²) in [6, 6.07) is 2.88. The number of ether oxygens (including phenoxy) is 1. The Morgan fingerprint density at radius 1 is 1.25 bits per heavy atom. The number of nitrogens with zero attached hydrogens (tertiary/aromatic N) is 1. The highest BCUT2D eigenvalue weighted by Gasteiger charge is 2.26. The molecular weight excluding hydrogens is 318 g/mol. The molecule has 0 aliphatic heterocycles. The fourth-order valence-electron chi connectivity index (χ4n) is 2.58. The average Bonchev–Trinajstić information content (AvgIpc) is 2.72. The second-order valence-corrected chi connectivity index (χ2v) is 5.29. The van der Waals surface area contributed by atoms with Gasteiger partial charge in [0.25, 0.3) is 5.91 Å². The monoisotopic (exact) mass is 336 g/mol. The molecule has 7 heteroatoms. The van der Waals surface area contributed by atoms with E-state index >= 15 is 0 Å². The van der Waals surface area contributed by atoms with Crippen LogP contribution in [-0.2, 0) is 11.8 Å². The van der Waals surface area contributed by atoms with E-state index in [1.165, 1.54) is 0 Å². The molecule has 0 spiro atoms. The summed E-state index contributed by atoms with van der Waals surface area (Å²) in [5.41, 5.74) is 1.36. The zero-order valence-corrected chi connectivity index (χ0v) is 13.9. The topological polar surface area (TPSA) is 60.3 Å². The molecule has 0 aliphatic rings. The summed E-state index contributed by atoms with van der Waals surface area (Å²) < 4.78 is 33.2. The first kappa shape index (κ1) is 17.7. The molecule has 1 heterocycles. The fourth-order valence-corrected chi connectivity index (χ4v) is 2.58. The quantitative estimate of drug-likeness (QED) is 0.871. The number of carbonyl (C=O) groups excluding carboxylic acids is 2. The van der Waals surface area contributed by atoms with Gasteiger partial charge in [-0.25, -0.2) is 13.6 Å². The molecule has 0 saturated carbocycles. The van der Waals surface area contributed by atoms with Crippen LogP contribution in [0.3, 0.4) is 0 Å². The molecule has 0 saturated heterocycles. The van der Waals surface area contributed by atoms with Gasteiger partial charge < -0.3 is 14.6 Å². The van der Waals surface area contributed by atoms with Gasteiger partial charge in [-0.1, -0.05) is 0 Å². The van der Waals surface area contributed by atoms with Crippen molar-refractivity contribution in [2.45, 2.75) is 20.8 Å². The summed E-state index contributed by atoms with van der Waals surface area (Å²) in [5, 5.41) is 2.40. The summed E-state index contributed by atoms with van der Waals surface area (Å²) in [4.78, 5) is 24.5. The molecule has 1 aromatic heterocycles. The minimum atomic E-state index is -0.875. The maximum Gasteiger partial charge on any atom is 0.355 e. The Hall–Kier alpha value is -2.70. The molecule has 2 rings (SSSR count). The number of nitrogens with one attached hydrogen (secondary N) is 1. The predicted octanol–water partition coefficient (Wildman–Crippen LogP) is 3.35. The number of esters is 1. The maximum absolute atomic E-state index is 13.7. The third-order valence-corrected chi connectivity index (χ3v) is 3.81. The molecule has 5 nitrogen and oxygen atoms in total. The maximum atomic E-state index is 13.7. The number of hydrogen-bond donors (Lipinski definition) is 1. The molecule has 1 N–H and O–H groups in total. The fraction of sp³-hybridized carbons (Fsp3) is 0.294. The van der Waals surface area contributed by atoms with Crippen LogP contribution in [0.4, 0.5) is 14.5 Å². The Morgan fingerprint density at radius 2 is 1.92 bits per heavy atom. The molecule has 24 heavy (non-hydrogen) atoms. The van der Waals surface area contributed by atoms with Crippen molar-refractivity contribution < 1.29 is 23.1 Å². The molecule has 1 aromatic carbocycles. The molecule has 0 unspecified atom stereocenters. The van der Waals surface area contributed by atoms with Gasteiger partial charge in [0.15, 0.2) is 0 Å². The van der Waals surface area contributed by atoms with Crippen LogP contribution in [0.5, 0.6) is 0 Å². The van der Waals surface area contributed by atoms with Gasteiger partial charge in [-0.3, -0.25) is 4.79 Å². The van der Waals surface area contributed by atoms with E-state index in [1.54, 1.807) is 32.4 Å². The van der Waals surface area contributed by atoms with E-state index in [0.29, 0.717) is 17.3 Å². The standard InChI is InChI=1S/C17H18F2N2O3/c1-5-24-17(23)15-9(2)14(10(3)21(15)4)16(22)20-13-7-6-11(18)8-12(13)19/h6-8H,5H2,1-4H3,(H,20,22). The zero-order valence-electron chi connectivity index (χ0n) is 13.9. The van der Waals surface area contributed by atoms with Crippen LogP contribution in [0, 0.1) is 25.5 Å². The first-order chi connectivity index (χ1) is 11.3. The van der Waals surface area contributed by atoms with Crippen molar-refractivity contribution in [3.8, 4) is 0 Å². The average molecular weight is 336 g/mol. The van der Waals surface area contributed by atoms with E-state index in [9.17, 15) is 18.4 Å². The van der Waals surface area contributed by atoms with Crippen molar-refractivity contribution >= 4 is 17.6 Å². The summed E-state index contributed by atoms with van der Waals surface area (Å²) in [5.74, 6) is -2.73. The highest BCUT2D eigenvalue weighted by molar-refractivity contribution is 6.08. The highest BCUT2D eigenvalue weighted by Crippen LogP contribution is 2.24. The molecule has 0 radical (unpaired) electrons. The lowest BCUT2D eigenvalue weighted by Gasteiger charge is -2.07. The van der Waals surface area contributed by atoms with Crippen molar-refractivity contribution in [2.75, 3.05) is 11.9 Å². The van der Waals surface area contributed by atoms with Crippen molar-refractivity contribution in [2.24, 2.45) is 7.05 Å². The van der Waals surface area contributed by atoms with Gasteiger partial charge in [0.2, 0.25) is 0 Å². The first-order valence-corrected chi connectivity index (χ1v) is 7.37. The van der Waals surface area contributed by atoms with Crippen LogP contribution in [-0.4, -0.2) is 23.1 Å². The van der Waals surface area contributed by atoms with Crippen molar-refractivity contribution in [1.29, 1.82) is 0 Å². The molecule has 0 aliphatic carbocycles. The summed E-state index contributed by atoms with van der Waals surface area (Å²) in [7, 11) is 1.64. The summed E-state index contributed by atoms with van der Waals surface area (Å²) in [6.07, 6.45) is 0. The van der Waals surface area contributed by atoms with Crippen LogP contribution in [0.15, 0.2) is 18.2 Å². The molecule has 0 atom stereocenters. The number of benzene rings is 1. The Balaban J connectivity index is 2.39. The van der Waals surface area contributed by atoms with Gasteiger partial charge in [-0.15, -0.1) is 0 Å². The largest absolute Gasteiger partial charge is 0.461 e. The van der Waals surface area contributed by atoms with E-state index in [0.717, 1.165) is 12.1 Å². The van der Waals surface area contributed by atoms with Crippen molar-refractivity contribution in [1.82, 2.24) is 4.57 Å². The molecular formula is C17H18F2N2O3. The molecule has 1 amide bonds. The SMILES string of the molecule is CCOC(=O)c1c(C)c(C(=O)Nc2ccc(F)cc2F)c(C)n1C. The van der Waals surface area contributed by atoms with E-state index < -0.39 is 23.5 Å². The van der Waals surface area contributed by atoms with Crippen molar-refractivity contribution in [3.05, 3.63) is 52.3 Å². The van der Waals surface area contributed by atoms with Gasteiger partial charge in [0.1, 0.15) is 17.3 Å². The number of hydrogen-bond acceptors (Lipinski definition) is 3. The Kier molecular flexibility index (Phi) is 5.02. The van der Waals surface area contributed by atoms with E-state index in [2.05, 4.69) is 5.32 Å². The molecule has 128 valence electrons. The van der Waals surface area contributed by atoms with Gasteiger partial charge in [-0.2, -0.15) is 0 Å². The van der Waals surface area contributed by atoms with Crippen LogP contribution in [0.25, 0.3) is 0 Å². The van der Waals surface area contributed by atoms with Gasteiger partial charge in [-0.05, 0) is 38.5 Å². The van der Waals surface area contributed by atoms with Crippen LogP contribution >= 0.6 is 0 Å². The smallest absolute Gasteiger partial charge is 0.355 e. The van der Waals surface area contributed by atoms with Gasteiger partial charge >= 0.3 is 5.97 Å². The van der Waals surface area contributed by atoms with Crippen molar-refractivity contribution in [3.63, 3.8) is 0 Å². The van der Waals surface area contributed by atoms with Gasteiger partial charge in [0, 0.05) is 18.8 Å². The lowest BCUT2D eigenvalue weighted by molar-refractivity contribution is 0.0514. The highest BCUT2D eigenvalue weighted by atomic mass is 19.1. The lowest BCUT2D eigenvalue weighted by Crippen LogP contribution is -2.15. The Labute approximate surface area is 138 Å². The van der Waals surface area contributed by atoms with E-state index in [1.807, 2.05) is 0 Å². The predicted molar refractivity (Wildman–Crippen MR) is 85.2 cm³/mol. The minimum absolute atomic E-state index is 0.137. The third-order valence-electron chi connectivity index (χ3n) is 3.81. The number of rotatable bonds is 4. The zero-order chi connectivity index (χ0) is 18.0. The third kappa shape index (κ3) is 3.15. The van der Waals surface area contributed by atoms with Gasteiger partial charge in [0.05, 0.1) is 17.9 Å². The summed E-state index contributed by atoms with van der Waals surface area (Å²) in [6.45, 7) is 5.19. The van der Waals surface area contributed by atoms with E-state index in [4.69, 9.17) is 4.74 Å². The second kappa shape index (κ2) is 6.82. The number of carbonyl (C=O) groups is 2. The lowest BCUT2D eigenvalue weighted by atomic mass is 10.1. The molecule has 0 bridgehead atoms. The Bertz CT molecular complexity index is 813. The number of aromatic nitrogens is 1. The van der Waals surface area contributed by atoms with Crippen LogP contribution in [0.2, 0.25) is 0 Å².